The SMILES string of the molecule is COC(=O)c1ccc(NCC2CCNC2)c(F)c1F. The van der Waals surface area contributed by atoms with Crippen LogP contribution in [-0.4, -0.2) is 32.7 Å². The number of carbonyl (C=O) groups is 1. The normalized spacial score (nSPS) is 18.4. The van der Waals surface area contributed by atoms with Gasteiger partial charge in [-0.2, -0.15) is 0 Å². The van der Waals surface area contributed by atoms with Crippen LogP contribution in [0.2, 0.25) is 0 Å². The Morgan fingerprint density at radius 1 is 1.47 bits per heavy atom. The van der Waals surface area contributed by atoms with Crippen LogP contribution in [0, 0.1) is 17.6 Å². The highest BCUT2D eigenvalue weighted by molar-refractivity contribution is 5.90. The molecule has 0 amide bonds. The first kappa shape index (κ1) is 13.7. The Kier molecular flexibility index (Phi) is 4.31. The standard InChI is InChI=1S/C13H16F2N2O2/c1-19-13(18)9-2-3-10(12(15)11(9)14)17-7-8-4-5-16-6-8/h2-3,8,16-17H,4-7H2,1H3. The van der Waals surface area contributed by atoms with Crippen molar-refractivity contribution >= 4 is 11.7 Å². The maximum Gasteiger partial charge on any atom is 0.340 e. The van der Waals surface area contributed by atoms with E-state index >= 15 is 0 Å². The van der Waals surface area contributed by atoms with Gasteiger partial charge in [0.25, 0.3) is 0 Å². The van der Waals surface area contributed by atoms with E-state index in [-0.39, 0.29) is 5.69 Å². The topological polar surface area (TPSA) is 50.4 Å². The zero-order chi connectivity index (χ0) is 13.8. The summed E-state index contributed by atoms with van der Waals surface area (Å²) in [6.45, 7) is 2.39. The minimum Gasteiger partial charge on any atom is -0.465 e. The lowest BCUT2D eigenvalue weighted by atomic mass is 10.1. The Morgan fingerprint density at radius 3 is 2.89 bits per heavy atom. The molecule has 4 nitrogen and oxygen atoms in total. The van der Waals surface area contributed by atoms with Gasteiger partial charge < -0.3 is 15.4 Å². The van der Waals surface area contributed by atoms with Gasteiger partial charge in [-0.15, -0.1) is 0 Å². The van der Waals surface area contributed by atoms with Crippen LogP contribution in [0.15, 0.2) is 12.1 Å². The molecule has 0 aromatic heterocycles. The monoisotopic (exact) mass is 270 g/mol. The Balaban J connectivity index is 2.09. The highest BCUT2D eigenvalue weighted by Gasteiger charge is 2.20. The van der Waals surface area contributed by atoms with Crippen molar-refractivity contribution in [2.24, 2.45) is 5.92 Å². The van der Waals surface area contributed by atoms with Crippen LogP contribution >= 0.6 is 0 Å². The summed E-state index contributed by atoms with van der Waals surface area (Å²) in [5.74, 6) is -2.71. The molecule has 1 heterocycles. The van der Waals surface area contributed by atoms with Gasteiger partial charge in [0.2, 0.25) is 0 Å². The number of methoxy groups -OCH3 is 1. The van der Waals surface area contributed by atoms with E-state index in [9.17, 15) is 13.6 Å². The Hall–Kier alpha value is -1.69. The number of carbonyl (C=O) groups excluding carboxylic acids is 1. The van der Waals surface area contributed by atoms with Gasteiger partial charge in [0, 0.05) is 6.54 Å². The third-order valence-electron chi connectivity index (χ3n) is 3.23. The zero-order valence-corrected chi connectivity index (χ0v) is 10.6. The van der Waals surface area contributed by atoms with Crippen molar-refractivity contribution < 1.29 is 18.3 Å². The van der Waals surface area contributed by atoms with Gasteiger partial charge in [-0.05, 0) is 37.6 Å². The molecule has 1 aromatic carbocycles. The van der Waals surface area contributed by atoms with Crippen LogP contribution in [0.25, 0.3) is 0 Å². The summed E-state index contributed by atoms with van der Waals surface area (Å²) in [7, 11) is 1.12. The molecule has 1 aliphatic rings. The third-order valence-corrected chi connectivity index (χ3v) is 3.23. The van der Waals surface area contributed by atoms with Crippen molar-refractivity contribution in [1.29, 1.82) is 0 Å². The molecule has 19 heavy (non-hydrogen) atoms. The highest BCUT2D eigenvalue weighted by atomic mass is 19.2. The maximum absolute atomic E-state index is 13.8. The van der Waals surface area contributed by atoms with Gasteiger partial charge >= 0.3 is 5.97 Å². The molecule has 1 unspecified atom stereocenters. The molecule has 1 atom stereocenters. The number of anilines is 1. The average molecular weight is 270 g/mol. The number of hydrogen-bond donors (Lipinski definition) is 2. The van der Waals surface area contributed by atoms with Crippen LogP contribution < -0.4 is 10.6 Å². The maximum atomic E-state index is 13.8. The van der Waals surface area contributed by atoms with Crippen molar-refractivity contribution in [3.05, 3.63) is 29.3 Å². The summed E-state index contributed by atoms with van der Waals surface area (Å²) in [6, 6.07) is 2.58. The molecule has 0 radical (unpaired) electrons. The zero-order valence-electron chi connectivity index (χ0n) is 10.6. The van der Waals surface area contributed by atoms with Crippen LogP contribution in [0.1, 0.15) is 16.8 Å². The number of halogens is 2. The summed E-state index contributed by atoms with van der Waals surface area (Å²) in [5.41, 5.74) is -0.329. The molecule has 104 valence electrons. The first-order valence-corrected chi connectivity index (χ1v) is 6.14. The molecule has 2 rings (SSSR count). The van der Waals surface area contributed by atoms with Crippen molar-refractivity contribution in [3.63, 3.8) is 0 Å². The summed E-state index contributed by atoms with van der Waals surface area (Å²) in [5, 5.41) is 6.07. The van der Waals surface area contributed by atoms with Crippen LogP contribution in [0.5, 0.6) is 0 Å². The first-order chi connectivity index (χ1) is 9.13. The van der Waals surface area contributed by atoms with E-state index in [0.717, 1.165) is 26.6 Å². The summed E-state index contributed by atoms with van der Waals surface area (Å²) >= 11 is 0. The Morgan fingerprint density at radius 2 is 2.26 bits per heavy atom. The van der Waals surface area contributed by atoms with E-state index in [2.05, 4.69) is 15.4 Å². The van der Waals surface area contributed by atoms with Crippen molar-refractivity contribution in [3.8, 4) is 0 Å². The van der Waals surface area contributed by atoms with Crippen LogP contribution in [0.4, 0.5) is 14.5 Å². The van der Waals surface area contributed by atoms with E-state index in [1.807, 2.05) is 0 Å². The molecule has 0 saturated carbocycles. The minimum atomic E-state index is -1.18. The highest BCUT2D eigenvalue weighted by Crippen LogP contribution is 2.22. The van der Waals surface area contributed by atoms with Crippen molar-refractivity contribution in [2.75, 3.05) is 32.1 Å². The molecule has 1 fully saturated rings. The van der Waals surface area contributed by atoms with Crippen molar-refractivity contribution in [1.82, 2.24) is 5.32 Å². The van der Waals surface area contributed by atoms with E-state index < -0.39 is 23.2 Å². The summed E-state index contributed by atoms with van der Waals surface area (Å²) < 4.78 is 31.8. The lowest BCUT2D eigenvalue weighted by Gasteiger charge is -2.13. The lowest BCUT2D eigenvalue weighted by Crippen LogP contribution is -2.18. The van der Waals surface area contributed by atoms with Gasteiger partial charge in [-0.25, -0.2) is 13.6 Å². The quantitative estimate of drug-likeness (QED) is 0.819. The fourth-order valence-corrected chi connectivity index (χ4v) is 2.10. The Labute approximate surface area is 110 Å². The molecule has 1 aromatic rings. The predicted octanol–water partition coefficient (Wildman–Crippen LogP) is 1.77. The molecular formula is C13H16F2N2O2. The Bertz CT molecular complexity index is 474. The number of ether oxygens (including phenoxy) is 1. The van der Waals surface area contributed by atoms with Crippen molar-refractivity contribution in [2.45, 2.75) is 6.42 Å². The van der Waals surface area contributed by atoms with Gasteiger partial charge in [0.05, 0.1) is 18.4 Å². The third kappa shape index (κ3) is 3.01. The first-order valence-electron chi connectivity index (χ1n) is 6.14. The molecule has 0 aliphatic carbocycles. The van der Waals surface area contributed by atoms with Crippen LogP contribution in [0.3, 0.4) is 0 Å². The number of nitrogens with one attached hydrogen (secondary N) is 2. The van der Waals surface area contributed by atoms with E-state index in [1.165, 1.54) is 12.1 Å². The lowest BCUT2D eigenvalue weighted by molar-refractivity contribution is 0.0594. The second kappa shape index (κ2) is 5.97. The number of rotatable bonds is 4. The molecule has 6 heteroatoms. The van der Waals surface area contributed by atoms with Gasteiger partial charge in [-0.3, -0.25) is 0 Å². The summed E-state index contributed by atoms with van der Waals surface area (Å²) in [6.07, 6.45) is 1.01. The number of esters is 1. The van der Waals surface area contributed by atoms with Crippen LogP contribution in [-0.2, 0) is 4.74 Å². The summed E-state index contributed by atoms with van der Waals surface area (Å²) in [4.78, 5) is 11.2. The van der Waals surface area contributed by atoms with E-state index in [0.29, 0.717) is 12.5 Å². The second-order valence-corrected chi connectivity index (χ2v) is 4.52. The largest absolute Gasteiger partial charge is 0.465 e. The molecular weight excluding hydrogens is 254 g/mol. The fraction of sp³-hybridized carbons (Fsp3) is 0.462. The fourth-order valence-electron chi connectivity index (χ4n) is 2.10. The molecule has 0 spiro atoms. The molecule has 2 N–H and O–H groups in total. The second-order valence-electron chi connectivity index (χ2n) is 4.52. The average Bonchev–Trinajstić information content (AvgIpc) is 2.93. The van der Waals surface area contributed by atoms with Gasteiger partial charge in [-0.1, -0.05) is 0 Å². The molecule has 1 saturated heterocycles. The smallest absolute Gasteiger partial charge is 0.340 e. The van der Waals surface area contributed by atoms with E-state index in [4.69, 9.17) is 0 Å². The molecule has 1 aliphatic heterocycles. The van der Waals surface area contributed by atoms with E-state index in [1.54, 1.807) is 0 Å². The number of hydrogen-bond acceptors (Lipinski definition) is 4. The minimum absolute atomic E-state index is 0.0667. The number of benzene rings is 1. The van der Waals surface area contributed by atoms with Gasteiger partial charge in [0.15, 0.2) is 11.6 Å². The van der Waals surface area contributed by atoms with Gasteiger partial charge in [0.1, 0.15) is 0 Å². The molecule has 0 bridgehead atoms. The predicted molar refractivity (Wildman–Crippen MR) is 67.2 cm³/mol.